The molecule has 2 aliphatic carbocycles. The van der Waals surface area contributed by atoms with Gasteiger partial charge in [-0.3, -0.25) is 9.59 Å². The highest BCUT2D eigenvalue weighted by molar-refractivity contribution is 7.92. The molecule has 15 heteroatoms. The van der Waals surface area contributed by atoms with Crippen molar-refractivity contribution in [2.24, 2.45) is 17.8 Å². The largest absolute Gasteiger partial charge is 0.481 e. The molecule has 1 N–H and O–H groups in total. The summed E-state index contributed by atoms with van der Waals surface area (Å²) in [5.41, 5.74) is -7.88. The first-order valence-corrected chi connectivity index (χ1v) is 15.8. The molecule has 1 saturated heterocycles. The number of aryl methyl sites for hydroxylation is 1. The number of halogens is 8. The number of alkyl halides is 7. The van der Waals surface area contributed by atoms with E-state index in [4.69, 9.17) is 0 Å². The van der Waals surface area contributed by atoms with Crippen molar-refractivity contribution in [2.75, 3.05) is 6.54 Å². The number of hydrogen-bond donors (Lipinski definition) is 1. The maximum Gasteiger partial charge on any atom is 0.435 e. The van der Waals surface area contributed by atoms with Crippen LogP contribution in [-0.2, 0) is 36.3 Å². The Balaban J connectivity index is 1.66. The number of carboxylic acid groups (broad SMARTS) is 1. The molecule has 1 amide bonds. The van der Waals surface area contributed by atoms with Crippen LogP contribution >= 0.6 is 0 Å². The van der Waals surface area contributed by atoms with Gasteiger partial charge in [0.25, 0.3) is 0 Å². The third kappa shape index (κ3) is 4.91. The summed E-state index contributed by atoms with van der Waals surface area (Å²) < 4.78 is 138. The number of nitrogens with zero attached hydrogens (tertiary/aromatic N) is 1. The van der Waals surface area contributed by atoms with Crippen molar-refractivity contribution in [2.45, 2.75) is 79.2 Å². The lowest BCUT2D eigenvalue weighted by Crippen LogP contribution is -2.55. The second-order valence-corrected chi connectivity index (χ2v) is 14.3. The third-order valence-electron chi connectivity index (χ3n) is 9.74. The van der Waals surface area contributed by atoms with Gasteiger partial charge in [-0.25, -0.2) is 17.2 Å². The molecular weight excluding hydrogens is 638 g/mol. The molecule has 6 nitrogen and oxygen atoms in total. The molecule has 2 aromatic rings. The average molecular weight is 668 g/mol. The van der Waals surface area contributed by atoms with Gasteiger partial charge in [0.15, 0.2) is 9.84 Å². The van der Waals surface area contributed by atoms with Crippen LogP contribution in [0.4, 0.5) is 35.1 Å². The van der Waals surface area contributed by atoms with Gasteiger partial charge in [-0.1, -0.05) is 25.1 Å². The summed E-state index contributed by atoms with van der Waals surface area (Å²) in [6.07, 6.45) is -12.3. The summed E-state index contributed by atoms with van der Waals surface area (Å²) in [4.78, 5) is 26.3. The molecule has 3 aliphatic rings. The molecule has 1 aliphatic heterocycles. The van der Waals surface area contributed by atoms with Crippen molar-refractivity contribution >= 4 is 21.7 Å². The highest BCUT2D eigenvalue weighted by atomic mass is 32.2. The number of hydrogen-bond acceptors (Lipinski definition) is 4. The summed E-state index contributed by atoms with van der Waals surface area (Å²) in [5, 5.41) is 9.33. The van der Waals surface area contributed by atoms with E-state index in [9.17, 15) is 53.8 Å². The van der Waals surface area contributed by atoms with Gasteiger partial charge >= 0.3 is 24.0 Å². The molecular formula is C30H29F8NO5S. The number of benzene rings is 2. The second kappa shape index (κ2) is 10.9. The van der Waals surface area contributed by atoms with Gasteiger partial charge < -0.3 is 10.0 Å². The Labute approximate surface area is 253 Å². The van der Waals surface area contributed by atoms with Crippen molar-refractivity contribution in [1.82, 2.24) is 4.90 Å². The lowest BCUT2D eigenvalue weighted by Gasteiger charge is -2.45. The Bertz CT molecular complexity index is 1590. The number of carboxylic acids is 1. The van der Waals surface area contributed by atoms with Crippen LogP contribution in [0.15, 0.2) is 47.4 Å². The fourth-order valence-electron chi connectivity index (χ4n) is 7.57. The first kappa shape index (κ1) is 33.1. The SMILES string of the molecule is C[C@H]1CN(C(=O)C2CCC(C(=O)O)CC2)C2CCc3cc(C(F)(C(F)(F)F)C(F)(F)F)ccc3C21S(=O)(=O)c1ccc(F)cc1. The molecule has 2 unspecified atom stereocenters. The number of carbonyl (C=O) groups is 2. The predicted octanol–water partition coefficient (Wildman–Crippen LogP) is 6.47. The third-order valence-corrected chi connectivity index (χ3v) is 12.4. The molecule has 2 aromatic carbocycles. The van der Waals surface area contributed by atoms with Crippen LogP contribution in [0.5, 0.6) is 0 Å². The zero-order chi connectivity index (χ0) is 33.3. The van der Waals surface area contributed by atoms with Crippen LogP contribution in [0, 0.1) is 23.6 Å². The zero-order valence-corrected chi connectivity index (χ0v) is 24.6. The molecule has 45 heavy (non-hydrogen) atoms. The number of likely N-dealkylation sites (tertiary alicyclic amines) is 1. The number of aliphatic carboxylic acids is 1. The highest BCUT2D eigenvalue weighted by Gasteiger charge is 2.74. The maximum absolute atomic E-state index is 15.0. The fourth-order valence-corrected chi connectivity index (χ4v) is 10.2. The maximum atomic E-state index is 15.0. The standard InChI is InChI=1S/C30H29F8NO5S/c1-16-15-39(25(40)17-2-4-18(5-3-17)26(41)42)24-13-6-19-14-20(28(32,29(33,34)35)30(36,37)38)7-12-23(19)27(16,24)45(43,44)22-10-8-21(31)9-11-22/h7-12,14,16-18,24H,2-6,13,15H2,1H3,(H,41,42)/t16-,17?,18?,24?,27?/m0/s1. The van der Waals surface area contributed by atoms with Crippen LogP contribution < -0.4 is 0 Å². The molecule has 1 saturated carbocycles. The molecule has 0 spiro atoms. The molecule has 2 fully saturated rings. The molecule has 3 atom stereocenters. The molecule has 246 valence electrons. The van der Waals surface area contributed by atoms with E-state index in [-0.39, 0.29) is 67.2 Å². The van der Waals surface area contributed by atoms with Gasteiger partial charge in [0.05, 0.1) is 16.9 Å². The molecule has 1 heterocycles. The Morgan fingerprint density at radius 1 is 0.867 bits per heavy atom. The molecule has 5 rings (SSSR count). The monoisotopic (exact) mass is 667 g/mol. The van der Waals surface area contributed by atoms with E-state index < -0.39 is 79.7 Å². The minimum Gasteiger partial charge on any atom is -0.481 e. The lowest BCUT2D eigenvalue weighted by molar-refractivity contribution is -0.348. The quantitative estimate of drug-likeness (QED) is 0.292. The van der Waals surface area contributed by atoms with Crippen LogP contribution in [-0.4, -0.2) is 55.2 Å². The first-order valence-electron chi connectivity index (χ1n) is 14.3. The summed E-state index contributed by atoms with van der Waals surface area (Å²) in [6.45, 7) is 1.36. The van der Waals surface area contributed by atoms with Gasteiger partial charge in [-0.15, -0.1) is 0 Å². The van der Waals surface area contributed by atoms with Gasteiger partial charge in [0, 0.05) is 18.0 Å². The van der Waals surface area contributed by atoms with Gasteiger partial charge in [-0.05, 0) is 79.8 Å². The number of fused-ring (bicyclic) bond motifs is 3. The van der Waals surface area contributed by atoms with Gasteiger partial charge in [-0.2, -0.15) is 26.3 Å². The summed E-state index contributed by atoms with van der Waals surface area (Å²) in [7, 11) is -4.64. The number of carbonyl (C=O) groups excluding carboxylic acids is 1. The van der Waals surface area contributed by atoms with Crippen molar-refractivity contribution in [1.29, 1.82) is 0 Å². The number of rotatable bonds is 5. The van der Waals surface area contributed by atoms with E-state index in [0.29, 0.717) is 6.07 Å². The van der Waals surface area contributed by atoms with Crippen molar-refractivity contribution in [3.63, 3.8) is 0 Å². The van der Waals surface area contributed by atoms with Crippen LogP contribution in [0.2, 0.25) is 0 Å². The second-order valence-electron chi connectivity index (χ2n) is 12.1. The van der Waals surface area contributed by atoms with Crippen LogP contribution in [0.1, 0.15) is 55.7 Å². The predicted molar refractivity (Wildman–Crippen MR) is 143 cm³/mol. The Kier molecular flexibility index (Phi) is 8.06. The summed E-state index contributed by atoms with van der Waals surface area (Å²) >= 11 is 0. The normalized spacial score (nSPS) is 27.5. The van der Waals surface area contributed by atoms with Crippen molar-refractivity contribution < 1.29 is 58.2 Å². The Hall–Kier alpha value is -3.23. The summed E-state index contributed by atoms with van der Waals surface area (Å²) in [5.74, 6) is -4.38. The summed E-state index contributed by atoms with van der Waals surface area (Å²) in [6, 6.07) is 4.09. The zero-order valence-electron chi connectivity index (χ0n) is 23.8. The van der Waals surface area contributed by atoms with Crippen molar-refractivity contribution in [3.8, 4) is 0 Å². The van der Waals surface area contributed by atoms with Crippen molar-refractivity contribution in [3.05, 3.63) is 65.0 Å². The average Bonchev–Trinajstić information content (AvgIpc) is 3.29. The van der Waals surface area contributed by atoms with Crippen LogP contribution in [0.3, 0.4) is 0 Å². The van der Waals surface area contributed by atoms with E-state index in [0.717, 1.165) is 30.3 Å². The Morgan fingerprint density at radius 3 is 1.96 bits per heavy atom. The van der Waals surface area contributed by atoms with E-state index in [1.807, 2.05) is 0 Å². The van der Waals surface area contributed by atoms with Gasteiger partial charge in [0.1, 0.15) is 10.6 Å². The van der Waals surface area contributed by atoms with Crippen LogP contribution in [0.25, 0.3) is 0 Å². The van der Waals surface area contributed by atoms with E-state index in [2.05, 4.69) is 0 Å². The van der Waals surface area contributed by atoms with Gasteiger partial charge in [0.2, 0.25) is 5.91 Å². The fraction of sp³-hybridized carbons (Fsp3) is 0.533. The van der Waals surface area contributed by atoms with E-state index in [1.54, 1.807) is 0 Å². The minimum absolute atomic E-state index is 0.137. The number of amides is 1. The number of sulfone groups is 1. The smallest absolute Gasteiger partial charge is 0.435 e. The Morgan fingerprint density at radius 2 is 1.42 bits per heavy atom. The first-order chi connectivity index (χ1) is 20.8. The van der Waals surface area contributed by atoms with E-state index in [1.165, 1.54) is 11.8 Å². The lowest BCUT2D eigenvalue weighted by atomic mass is 9.73. The van der Waals surface area contributed by atoms with E-state index >= 15 is 4.39 Å². The topological polar surface area (TPSA) is 91.8 Å². The molecule has 0 aromatic heterocycles. The molecule has 0 bridgehead atoms. The molecule has 0 radical (unpaired) electrons. The minimum atomic E-state index is -6.38. The highest BCUT2D eigenvalue weighted by Crippen LogP contribution is 2.58.